The van der Waals surface area contributed by atoms with E-state index in [1.54, 1.807) is 72.5 Å². The van der Waals surface area contributed by atoms with Crippen molar-refractivity contribution in [3.8, 4) is 11.3 Å². The number of anilines is 3. The Morgan fingerprint density at radius 2 is 1.48 bits per heavy atom. The van der Waals surface area contributed by atoms with Gasteiger partial charge >= 0.3 is 0 Å². The van der Waals surface area contributed by atoms with E-state index in [9.17, 15) is 14.4 Å². The number of pyridine rings is 1. The Labute approximate surface area is 230 Å². The maximum Gasteiger partial charge on any atom is 0.255 e. The first kappa shape index (κ1) is 26.1. The van der Waals surface area contributed by atoms with Gasteiger partial charge in [0.25, 0.3) is 17.7 Å². The molecule has 2 aromatic heterocycles. The molecule has 0 fully saturated rings. The Bertz CT molecular complexity index is 1760. The van der Waals surface area contributed by atoms with Gasteiger partial charge in [0.15, 0.2) is 0 Å². The summed E-state index contributed by atoms with van der Waals surface area (Å²) in [6.45, 7) is 1.86. The summed E-state index contributed by atoms with van der Waals surface area (Å²) in [5.41, 5.74) is 11.3. The monoisotopic (exact) mass is 533 g/mol. The van der Waals surface area contributed by atoms with Crippen LogP contribution in [0.15, 0.2) is 79.0 Å². The largest absolute Gasteiger partial charge is 0.384 e. The lowest BCUT2D eigenvalue weighted by Crippen LogP contribution is -2.18. The topological polar surface area (TPSA) is 144 Å². The molecule has 0 aliphatic rings. The number of aromatic nitrogens is 3. The first-order chi connectivity index (χ1) is 19.2. The maximum atomic E-state index is 13.2. The first-order valence-electron chi connectivity index (χ1n) is 12.5. The van der Waals surface area contributed by atoms with Crippen molar-refractivity contribution in [2.75, 3.05) is 23.4 Å². The summed E-state index contributed by atoms with van der Waals surface area (Å²) < 4.78 is 1.75. The summed E-state index contributed by atoms with van der Waals surface area (Å²) in [5.74, 6) is -0.455. The van der Waals surface area contributed by atoms with Gasteiger partial charge in [-0.2, -0.15) is 5.10 Å². The molecular formula is C30H27N7O3. The second kappa shape index (κ2) is 10.7. The van der Waals surface area contributed by atoms with Gasteiger partial charge in [0.05, 0.1) is 5.52 Å². The van der Waals surface area contributed by atoms with Crippen molar-refractivity contribution in [1.82, 2.24) is 20.1 Å². The third kappa shape index (κ3) is 5.23. The first-order valence-corrected chi connectivity index (χ1v) is 12.5. The van der Waals surface area contributed by atoms with E-state index in [1.807, 2.05) is 32.2 Å². The molecule has 5 rings (SSSR count). The quantitative estimate of drug-likeness (QED) is 0.255. The molecular weight excluding hydrogens is 506 g/mol. The number of nitrogens with one attached hydrogen (secondary N) is 3. The summed E-state index contributed by atoms with van der Waals surface area (Å²) in [5, 5.41) is 13.8. The van der Waals surface area contributed by atoms with Crippen LogP contribution in [0.25, 0.3) is 22.2 Å². The number of carbonyl (C=O) groups is 3. The van der Waals surface area contributed by atoms with Gasteiger partial charge in [-0.3, -0.25) is 19.1 Å². The molecule has 0 spiro atoms. The molecule has 40 heavy (non-hydrogen) atoms. The number of nitrogens with two attached hydrogens (primary N) is 1. The molecule has 10 heteroatoms. The van der Waals surface area contributed by atoms with Crippen LogP contribution in [0.4, 0.5) is 17.2 Å². The molecule has 0 saturated heterocycles. The Kier molecular flexibility index (Phi) is 6.98. The standard InChI is InChI=1S/C30H27N7O3/c1-17-4-11-22(15-24(17)35-29(39)19-7-5-18(6-8-19)28(38)32-2)34-30(40)20-9-12-25-23(14-20)27(36-37(25)3)21-10-13-26(31)33-16-21/h4-16H,1-3H3,(H2,31,33)(H,32,38)(H,34,40)(H,35,39). The fraction of sp³-hybridized carbons (Fsp3) is 0.100. The minimum Gasteiger partial charge on any atom is -0.384 e. The van der Waals surface area contributed by atoms with E-state index in [-0.39, 0.29) is 17.7 Å². The zero-order valence-corrected chi connectivity index (χ0v) is 22.1. The molecule has 5 N–H and O–H groups in total. The zero-order chi connectivity index (χ0) is 28.4. The Morgan fingerprint density at radius 3 is 2.15 bits per heavy atom. The van der Waals surface area contributed by atoms with Crippen LogP contribution >= 0.6 is 0 Å². The molecule has 10 nitrogen and oxygen atoms in total. The van der Waals surface area contributed by atoms with Gasteiger partial charge in [0.2, 0.25) is 0 Å². The van der Waals surface area contributed by atoms with Crippen LogP contribution in [-0.2, 0) is 7.05 Å². The number of fused-ring (bicyclic) bond motifs is 1. The third-order valence-electron chi connectivity index (χ3n) is 6.55. The lowest BCUT2D eigenvalue weighted by atomic mass is 10.1. The molecule has 200 valence electrons. The van der Waals surface area contributed by atoms with Crippen molar-refractivity contribution in [3.63, 3.8) is 0 Å². The SMILES string of the molecule is CNC(=O)c1ccc(C(=O)Nc2cc(NC(=O)c3ccc4c(c3)c(-c3ccc(N)nc3)nn4C)ccc2C)cc1. The average Bonchev–Trinajstić information content (AvgIpc) is 3.30. The molecule has 0 aliphatic heterocycles. The van der Waals surface area contributed by atoms with Crippen LogP contribution < -0.4 is 21.7 Å². The van der Waals surface area contributed by atoms with E-state index in [1.165, 1.54) is 0 Å². The van der Waals surface area contributed by atoms with E-state index < -0.39 is 0 Å². The van der Waals surface area contributed by atoms with E-state index in [4.69, 9.17) is 5.73 Å². The van der Waals surface area contributed by atoms with Crippen molar-refractivity contribution in [1.29, 1.82) is 0 Å². The number of carbonyl (C=O) groups excluding carboxylic acids is 3. The summed E-state index contributed by atoms with van der Waals surface area (Å²) in [6.07, 6.45) is 1.66. The number of nitrogen functional groups attached to an aromatic ring is 1. The van der Waals surface area contributed by atoms with E-state index in [0.717, 1.165) is 22.0 Å². The Morgan fingerprint density at radius 1 is 0.800 bits per heavy atom. The maximum absolute atomic E-state index is 13.2. The van der Waals surface area contributed by atoms with Gasteiger partial charge < -0.3 is 21.7 Å². The molecule has 0 unspecified atom stereocenters. The summed E-state index contributed by atoms with van der Waals surface area (Å²) in [6, 6.07) is 20.6. The van der Waals surface area contributed by atoms with Gasteiger partial charge in [-0.1, -0.05) is 6.07 Å². The van der Waals surface area contributed by atoms with Gasteiger partial charge in [-0.25, -0.2) is 4.98 Å². The van der Waals surface area contributed by atoms with Crippen molar-refractivity contribution in [2.24, 2.45) is 7.05 Å². The van der Waals surface area contributed by atoms with Gasteiger partial charge in [0, 0.05) is 59.3 Å². The highest BCUT2D eigenvalue weighted by Crippen LogP contribution is 2.29. The Balaban J connectivity index is 1.36. The number of rotatable bonds is 6. The fourth-order valence-electron chi connectivity index (χ4n) is 4.31. The third-order valence-corrected chi connectivity index (χ3v) is 6.55. The van der Waals surface area contributed by atoms with Crippen LogP contribution in [0.2, 0.25) is 0 Å². The summed E-state index contributed by atoms with van der Waals surface area (Å²) in [7, 11) is 3.39. The minimum atomic E-state index is -0.332. The number of amides is 3. The van der Waals surface area contributed by atoms with E-state index in [2.05, 4.69) is 26.0 Å². The minimum absolute atomic E-state index is 0.229. The van der Waals surface area contributed by atoms with Crippen molar-refractivity contribution < 1.29 is 14.4 Å². The molecule has 0 saturated carbocycles. The van der Waals surface area contributed by atoms with Crippen LogP contribution in [0.3, 0.4) is 0 Å². The average molecular weight is 534 g/mol. The van der Waals surface area contributed by atoms with Crippen LogP contribution in [-0.4, -0.2) is 39.5 Å². The van der Waals surface area contributed by atoms with Crippen molar-refractivity contribution >= 4 is 45.8 Å². The molecule has 5 aromatic rings. The fourth-order valence-corrected chi connectivity index (χ4v) is 4.31. The Hall–Kier alpha value is -5.51. The summed E-state index contributed by atoms with van der Waals surface area (Å²) in [4.78, 5) is 42.0. The molecule has 2 heterocycles. The lowest BCUT2D eigenvalue weighted by Gasteiger charge is -2.12. The van der Waals surface area contributed by atoms with Crippen molar-refractivity contribution in [2.45, 2.75) is 6.92 Å². The molecule has 3 aromatic carbocycles. The number of aryl methyl sites for hydroxylation is 2. The number of benzene rings is 3. The van der Waals surface area contributed by atoms with Gasteiger partial charge in [-0.15, -0.1) is 0 Å². The lowest BCUT2D eigenvalue weighted by molar-refractivity contribution is 0.0960. The highest BCUT2D eigenvalue weighted by molar-refractivity contribution is 6.09. The van der Waals surface area contributed by atoms with Crippen molar-refractivity contribution in [3.05, 3.63) is 101 Å². The molecule has 0 bridgehead atoms. The summed E-state index contributed by atoms with van der Waals surface area (Å²) >= 11 is 0. The van der Waals surface area contributed by atoms with E-state index in [0.29, 0.717) is 39.6 Å². The molecule has 0 aliphatic carbocycles. The predicted octanol–water partition coefficient (Wildman–Crippen LogP) is 4.39. The van der Waals surface area contributed by atoms with E-state index >= 15 is 0 Å². The van der Waals surface area contributed by atoms with Crippen LogP contribution in [0.1, 0.15) is 36.6 Å². The molecule has 0 radical (unpaired) electrons. The number of hydrogen-bond acceptors (Lipinski definition) is 6. The smallest absolute Gasteiger partial charge is 0.255 e. The normalized spacial score (nSPS) is 10.8. The second-order valence-corrected chi connectivity index (χ2v) is 9.27. The number of hydrogen-bond donors (Lipinski definition) is 4. The van der Waals surface area contributed by atoms with Gasteiger partial charge in [0.1, 0.15) is 11.5 Å². The molecule has 0 atom stereocenters. The highest BCUT2D eigenvalue weighted by atomic mass is 16.2. The van der Waals surface area contributed by atoms with Crippen LogP contribution in [0, 0.1) is 6.92 Å². The number of nitrogens with zero attached hydrogens (tertiary/aromatic N) is 3. The van der Waals surface area contributed by atoms with Gasteiger partial charge in [-0.05, 0) is 79.2 Å². The van der Waals surface area contributed by atoms with Crippen LogP contribution in [0.5, 0.6) is 0 Å². The molecule has 3 amide bonds. The second-order valence-electron chi connectivity index (χ2n) is 9.27. The predicted molar refractivity (Wildman–Crippen MR) is 155 cm³/mol. The zero-order valence-electron chi connectivity index (χ0n) is 22.1. The highest BCUT2D eigenvalue weighted by Gasteiger charge is 2.16.